The number of rotatable bonds is 4. The van der Waals surface area contributed by atoms with Crippen LogP contribution in [-0.4, -0.2) is 25.5 Å². The molecule has 18 heavy (non-hydrogen) atoms. The van der Waals surface area contributed by atoms with Gasteiger partial charge >= 0.3 is 0 Å². The first-order valence-electron chi connectivity index (χ1n) is 7.65. The number of piperidine rings is 1. The van der Waals surface area contributed by atoms with Crippen molar-refractivity contribution < 1.29 is 4.79 Å². The number of amides is 1. The van der Waals surface area contributed by atoms with Crippen LogP contribution in [-0.2, 0) is 4.79 Å². The minimum Gasteiger partial charge on any atom is -0.356 e. The molecule has 2 fully saturated rings. The van der Waals surface area contributed by atoms with Crippen LogP contribution in [0.3, 0.4) is 0 Å². The third kappa shape index (κ3) is 4.27. The Balaban J connectivity index is 1.67. The topological polar surface area (TPSA) is 41.1 Å². The molecule has 104 valence electrons. The smallest absolute Gasteiger partial charge is 0.220 e. The largest absolute Gasteiger partial charge is 0.356 e. The van der Waals surface area contributed by atoms with Crippen molar-refractivity contribution in [2.75, 3.05) is 19.6 Å². The second-order valence-corrected chi connectivity index (χ2v) is 6.55. The summed E-state index contributed by atoms with van der Waals surface area (Å²) in [7, 11) is 0. The average Bonchev–Trinajstić information content (AvgIpc) is 2.39. The van der Waals surface area contributed by atoms with Crippen molar-refractivity contribution in [1.29, 1.82) is 0 Å². The summed E-state index contributed by atoms with van der Waals surface area (Å²) in [6.07, 6.45) is 9.65. The summed E-state index contributed by atoms with van der Waals surface area (Å²) in [4.78, 5) is 12.0. The summed E-state index contributed by atoms with van der Waals surface area (Å²) in [5, 5.41) is 6.53. The first kappa shape index (κ1) is 13.9. The first-order valence-corrected chi connectivity index (χ1v) is 7.65. The molecule has 3 heteroatoms. The van der Waals surface area contributed by atoms with Gasteiger partial charge in [0.25, 0.3) is 0 Å². The van der Waals surface area contributed by atoms with E-state index in [1.807, 2.05) is 0 Å². The van der Waals surface area contributed by atoms with E-state index >= 15 is 0 Å². The van der Waals surface area contributed by atoms with Crippen molar-refractivity contribution >= 4 is 5.91 Å². The number of hydrogen-bond donors (Lipinski definition) is 2. The normalized spacial score (nSPS) is 24.7. The second kappa shape index (κ2) is 6.55. The van der Waals surface area contributed by atoms with Crippen molar-refractivity contribution in [2.45, 2.75) is 58.3 Å². The SMILES string of the molecule is CC1(CNC(=O)CC2CCNCC2)CCCCC1. The molecule has 1 heterocycles. The monoisotopic (exact) mass is 252 g/mol. The summed E-state index contributed by atoms with van der Waals surface area (Å²) in [6, 6.07) is 0. The number of nitrogens with one attached hydrogen (secondary N) is 2. The van der Waals surface area contributed by atoms with Gasteiger partial charge in [-0.05, 0) is 50.1 Å². The van der Waals surface area contributed by atoms with Gasteiger partial charge in [0.2, 0.25) is 5.91 Å². The van der Waals surface area contributed by atoms with E-state index in [4.69, 9.17) is 0 Å². The molecule has 2 N–H and O–H groups in total. The third-order valence-corrected chi connectivity index (χ3v) is 4.71. The Hall–Kier alpha value is -0.570. The summed E-state index contributed by atoms with van der Waals surface area (Å²) in [5.41, 5.74) is 0.363. The molecule has 1 saturated carbocycles. The molecule has 2 rings (SSSR count). The van der Waals surface area contributed by atoms with Crippen LogP contribution >= 0.6 is 0 Å². The van der Waals surface area contributed by atoms with E-state index in [9.17, 15) is 4.79 Å². The zero-order chi connectivity index (χ0) is 12.8. The van der Waals surface area contributed by atoms with Crippen molar-refractivity contribution in [2.24, 2.45) is 11.3 Å². The van der Waals surface area contributed by atoms with Gasteiger partial charge in [-0.1, -0.05) is 26.2 Å². The molecule has 1 amide bonds. The standard InChI is InChI=1S/C15H28N2O/c1-15(7-3-2-4-8-15)12-17-14(18)11-13-5-9-16-10-6-13/h13,16H,2-12H2,1H3,(H,17,18). The molecule has 0 spiro atoms. The third-order valence-electron chi connectivity index (χ3n) is 4.71. The Morgan fingerprint density at radius 1 is 1.22 bits per heavy atom. The van der Waals surface area contributed by atoms with Crippen molar-refractivity contribution in [3.8, 4) is 0 Å². The van der Waals surface area contributed by atoms with E-state index in [2.05, 4.69) is 17.6 Å². The molecule has 0 unspecified atom stereocenters. The number of hydrogen-bond acceptors (Lipinski definition) is 2. The Kier molecular flexibility index (Phi) is 5.04. The van der Waals surface area contributed by atoms with Crippen LogP contribution in [0.1, 0.15) is 58.3 Å². The van der Waals surface area contributed by atoms with Gasteiger partial charge in [-0.15, -0.1) is 0 Å². The highest BCUT2D eigenvalue weighted by Crippen LogP contribution is 2.34. The van der Waals surface area contributed by atoms with E-state index in [1.54, 1.807) is 0 Å². The van der Waals surface area contributed by atoms with Crippen LogP contribution in [0.25, 0.3) is 0 Å². The molecule has 1 aliphatic heterocycles. The Bertz CT molecular complexity index is 266. The van der Waals surface area contributed by atoms with Gasteiger partial charge in [0.1, 0.15) is 0 Å². The zero-order valence-corrected chi connectivity index (χ0v) is 11.8. The first-order chi connectivity index (χ1) is 8.68. The fourth-order valence-electron chi connectivity index (χ4n) is 3.31. The predicted octanol–water partition coefficient (Wildman–Crippen LogP) is 2.46. The van der Waals surface area contributed by atoms with Gasteiger partial charge in [-0.3, -0.25) is 4.79 Å². The maximum Gasteiger partial charge on any atom is 0.220 e. The lowest BCUT2D eigenvalue weighted by Crippen LogP contribution is -2.38. The van der Waals surface area contributed by atoms with Crippen LogP contribution in [0.4, 0.5) is 0 Å². The lowest BCUT2D eigenvalue weighted by molar-refractivity contribution is -0.122. The molecule has 3 nitrogen and oxygen atoms in total. The highest BCUT2D eigenvalue weighted by atomic mass is 16.1. The summed E-state index contributed by atoms with van der Waals surface area (Å²) in [5.74, 6) is 0.874. The molecule has 1 aliphatic carbocycles. The minimum atomic E-state index is 0.272. The summed E-state index contributed by atoms with van der Waals surface area (Å²) >= 11 is 0. The van der Waals surface area contributed by atoms with E-state index in [-0.39, 0.29) is 5.91 Å². The molecular formula is C15H28N2O. The van der Waals surface area contributed by atoms with Crippen molar-refractivity contribution in [1.82, 2.24) is 10.6 Å². The molecule has 0 aromatic carbocycles. The fraction of sp³-hybridized carbons (Fsp3) is 0.933. The molecule has 0 bridgehead atoms. The predicted molar refractivity (Wildman–Crippen MR) is 74.4 cm³/mol. The fourth-order valence-corrected chi connectivity index (χ4v) is 3.31. The van der Waals surface area contributed by atoms with Gasteiger partial charge in [-0.25, -0.2) is 0 Å². The minimum absolute atomic E-state index is 0.272. The summed E-state index contributed by atoms with van der Waals surface area (Å²) in [6.45, 7) is 5.37. The van der Waals surface area contributed by atoms with E-state index in [0.29, 0.717) is 11.3 Å². The molecule has 2 aliphatic rings. The Morgan fingerprint density at radius 2 is 1.89 bits per heavy atom. The zero-order valence-electron chi connectivity index (χ0n) is 11.8. The van der Waals surface area contributed by atoms with Crippen LogP contribution in [0.5, 0.6) is 0 Å². The number of carbonyl (C=O) groups is 1. The van der Waals surface area contributed by atoms with Gasteiger partial charge in [-0.2, -0.15) is 0 Å². The average molecular weight is 252 g/mol. The van der Waals surface area contributed by atoms with Crippen LogP contribution in [0.2, 0.25) is 0 Å². The lowest BCUT2D eigenvalue weighted by Gasteiger charge is -2.34. The quantitative estimate of drug-likeness (QED) is 0.807. The molecule has 0 atom stereocenters. The number of carbonyl (C=O) groups excluding carboxylic acids is 1. The maximum absolute atomic E-state index is 12.0. The molecule has 0 radical (unpaired) electrons. The Labute approximate surface area is 111 Å². The van der Waals surface area contributed by atoms with E-state index in [0.717, 1.165) is 38.9 Å². The van der Waals surface area contributed by atoms with Gasteiger partial charge < -0.3 is 10.6 Å². The summed E-state index contributed by atoms with van der Waals surface area (Å²) < 4.78 is 0. The van der Waals surface area contributed by atoms with E-state index in [1.165, 1.54) is 32.1 Å². The molecule has 1 saturated heterocycles. The van der Waals surface area contributed by atoms with Crippen molar-refractivity contribution in [3.63, 3.8) is 0 Å². The van der Waals surface area contributed by atoms with Gasteiger partial charge in [0.15, 0.2) is 0 Å². The highest BCUT2D eigenvalue weighted by Gasteiger charge is 2.27. The molecular weight excluding hydrogens is 224 g/mol. The lowest BCUT2D eigenvalue weighted by atomic mass is 9.75. The second-order valence-electron chi connectivity index (χ2n) is 6.55. The van der Waals surface area contributed by atoms with Crippen LogP contribution in [0.15, 0.2) is 0 Å². The van der Waals surface area contributed by atoms with Crippen LogP contribution in [0, 0.1) is 11.3 Å². The van der Waals surface area contributed by atoms with Gasteiger partial charge in [0, 0.05) is 13.0 Å². The molecule has 0 aromatic rings. The highest BCUT2D eigenvalue weighted by molar-refractivity contribution is 5.76. The Morgan fingerprint density at radius 3 is 2.56 bits per heavy atom. The van der Waals surface area contributed by atoms with Crippen LogP contribution < -0.4 is 10.6 Å². The molecule has 0 aromatic heterocycles. The van der Waals surface area contributed by atoms with Crippen molar-refractivity contribution in [3.05, 3.63) is 0 Å². The maximum atomic E-state index is 12.0. The van der Waals surface area contributed by atoms with Gasteiger partial charge in [0.05, 0.1) is 0 Å². The van der Waals surface area contributed by atoms with E-state index < -0.39 is 0 Å².